The summed E-state index contributed by atoms with van der Waals surface area (Å²) >= 11 is 2.40. The largest absolute Gasteiger partial charge is 0.329 e. The summed E-state index contributed by atoms with van der Waals surface area (Å²) in [4.78, 5) is 0. The van der Waals surface area contributed by atoms with Crippen molar-refractivity contribution in [3.8, 4) is 0 Å². The zero-order valence-corrected chi connectivity index (χ0v) is 7.10. The van der Waals surface area contributed by atoms with Crippen molar-refractivity contribution in [2.45, 2.75) is 16.4 Å². The summed E-state index contributed by atoms with van der Waals surface area (Å²) in [6, 6.07) is 0.674. The molecule has 1 aliphatic heterocycles. The van der Waals surface area contributed by atoms with Crippen molar-refractivity contribution < 1.29 is 0 Å². The second-order valence-electron chi connectivity index (χ2n) is 2.44. The van der Waals surface area contributed by atoms with Gasteiger partial charge in [-0.25, -0.2) is 0 Å². The van der Waals surface area contributed by atoms with E-state index >= 15 is 0 Å². The van der Waals surface area contributed by atoms with Crippen molar-refractivity contribution in [3.63, 3.8) is 0 Å². The Kier molecular flexibility index (Phi) is 1.79. The molecule has 0 aromatic heterocycles. The second-order valence-corrected chi connectivity index (χ2v) is 4.91. The highest BCUT2D eigenvalue weighted by Gasteiger charge is 2.37. The van der Waals surface area contributed by atoms with Crippen LogP contribution >= 0.6 is 22.6 Å². The zero-order valence-electron chi connectivity index (χ0n) is 4.95. The third kappa shape index (κ3) is 1.33. The van der Waals surface area contributed by atoms with Crippen LogP contribution in [0.3, 0.4) is 0 Å². The molecule has 1 heterocycles. The van der Waals surface area contributed by atoms with E-state index in [1.54, 1.807) is 0 Å². The number of halogens is 1. The van der Waals surface area contributed by atoms with Gasteiger partial charge in [-0.2, -0.15) is 0 Å². The number of nitrogens with one attached hydrogen (secondary N) is 1. The third-order valence-electron chi connectivity index (χ3n) is 1.53. The van der Waals surface area contributed by atoms with Gasteiger partial charge in [0.15, 0.2) is 0 Å². The van der Waals surface area contributed by atoms with Gasteiger partial charge >= 0.3 is 0 Å². The summed E-state index contributed by atoms with van der Waals surface area (Å²) in [6.07, 6.45) is 0. The lowest BCUT2D eigenvalue weighted by molar-refractivity contribution is 0.669. The summed E-state index contributed by atoms with van der Waals surface area (Å²) < 4.78 is 0.289. The van der Waals surface area contributed by atoms with Gasteiger partial charge in [-0.3, -0.25) is 0 Å². The topological polar surface area (TPSA) is 48.0 Å². The molecule has 0 saturated carbocycles. The molecule has 8 heavy (non-hydrogen) atoms. The molecular formula is C5H11IN2. The average Bonchev–Trinajstić information content (AvgIpc) is 2.44. The van der Waals surface area contributed by atoms with E-state index in [4.69, 9.17) is 5.73 Å². The van der Waals surface area contributed by atoms with Gasteiger partial charge in [0.05, 0.1) is 0 Å². The predicted octanol–water partition coefficient (Wildman–Crippen LogP) is 0.111. The summed E-state index contributed by atoms with van der Waals surface area (Å²) in [5.41, 5.74) is 5.50. The highest BCUT2D eigenvalue weighted by molar-refractivity contribution is 14.1. The fraction of sp³-hybridized carbons (Fsp3) is 1.00. The molecule has 2 unspecified atom stereocenters. The lowest BCUT2D eigenvalue weighted by Gasteiger charge is -2.17. The molecule has 3 N–H and O–H groups in total. The lowest BCUT2D eigenvalue weighted by Crippen LogP contribution is -2.34. The van der Waals surface area contributed by atoms with Crippen LogP contribution in [0.4, 0.5) is 0 Å². The number of hydrogen-bond acceptors (Lipinski definition) is 2. The molecule has 3 heteroatoms. The van der Waals surface area contributed by atoms with E-state index in [-0.39, 0.29) is 3.42 Å². The molecule has 0 aromatic carbocycles. The van der Waals surface area contributed by atoms with Crippen molar-refractivity contribution in [3.05, 3.63) is 0 Å². The van der Waals surface area contributed by atoms with Gasteiger partial charge in [0, 0.05) is 22.6 Å². The maximum absolute atomic E-state index is 5.50. The normalized spacial score (nSPS) is 34.1. The number of nitrogens with two attached hydrogens (primary N) is 1. The van der Waals surface area contributed by atoms with Crippen LogP contribution < -0.4 is 11.1 Å². The number of rotatable bonds is 2. The Morgan fingerprint density at radius 1 is 2.00 bits per heavy atom. The van der Waals surface area contributed by atoms with Crippen LogP contribution in [0, 0.1) is 0 Å². The molecule has 1 aliphatic rings. The van der Waals surface area contributed by atoms with Gasteiger partial charge in [0.1, 0.15) is 0 Å². The molecule has 1 fully saturated rings. The molecular weight excluding hydrogens is 215 g/mol. The van der Waals surface area contributed by atoms with Crippen LogP contribution in [0.25, 0.3) is 0 Å². The summed E-state index contributed by atoms with van der Waals surface area (Å²) in [7, 11) is 0. The maximum Gasteiger partial charge on any atom is 0.0481 e. The van der Waals surface area contributed by atoms with E-state index in [1.165, 1.54) is 0 Å². The highest BCUT2D eigenvalue weighted by Crippen LogP contribution is 2.26. The monoisotopic (exact) mass is 226 g/mol. The average molecular weight is 226 g/mol. The van der Waals surface area contributed by atoms with Crippen LogP contribution in [0.5, 0.6) is 0 Å². The Morgan fingerprint density at radius 2 is 2.50 bits per heavy atom. The Bertz CT molecular complexity index is 88.4. The molecule has 0 aromatic rings. The van der Waals surface area contributed by atoms with Crippen molar-refractivity contribution >= 4 is 22.6 Å². The van der Waals surface area contributed by atoms with Gasteiger partial charge in [-0.1, -0.05) is 22.6 Å². The lowest BCUT2D eigenvalue weighted by atomic mass is 10.1. The Labute approximate surface area is 63.3 Å². The quantitative estimate of drug-likeness (QED) is 0.399. The molecule has 2 atom stereocenters. The van der Waals surface area contributed by atoms with Crippen molar-refractivity contribution in [1.29, 1.82) is 0 Å². The summed E-state index contributed by atoms with van der Waals surface area (Å²) in [5.74, 6) is 0. The fourth-order valence-electron chi connectivity index (χ4n) is 0.627. The first-order valence-electron chi connectivity index (χ1n) is 2.79. The first kappa shape index (κ1) is 6.77. The summed E-state index contributed by atoms with van der Waals surface area (Å²) in [6.45, 7) is 4.10. The SMILES string of the molecule is CC(I)(CN)C1CN1. The van der Waals surface area contributed by atoms with E-state index < -0.39 is 0 Å². The third-order valence-corrected chi connectivity index (χ3v) is 2.73. The molecule has 2 nitrogen and oxygen atoms in total. The van der Waals surface area contributed by atoms with Crippen LogP contribution in [0.15, 0.2) is 0 Å². The standard InChI is InChI=1S/C5H11IN2/c1-5(6,3-7)4-2-8-4/h4,8H,2-3,7H2,1H3. The van der Waals surface area contributed by atoms with Gasteiger partial charge in [0.2, 0.25) is 0 Å². The van der Waals surface area contributed by atoms with Crippen LogP contribution in [-0.2, 0) is 0 Å². The smallest absolute Gasteiger partial charge is 0.0481 e. The van der Waals surface area contributed by atoms with Crippen molar-refractivity contribution in [1.82, 2.24) is 5.32 Å². The van der Waals surface area contributed by atoms with E-state index in [1.807, 2.05) is 0 Å². The van der Waals surface area contributed by atoms with E-state index in [2.05, 4.69) is 34.8 Å². The van der Waals surface area contributed by atoms with Crippen LogP contribution in [0.2, 0.25) is 0 Å². The van der Waals surface area contributed by atoms with E-state index in [0.717, 1.165) is 13.1 Å². The van der Waals surface area contributed by atoms with Crippen molar-refractivity contribution in [2.75, 3.05) is 13.1 Å². The zero-order chi connectivity index (χ0) is 6.20. The Balaban J connectivity index is 2.37. The molecule has 1 saturated heterocycles. The van der Waals surface area contributed by atoms with Crippen LogP contribution in [0.1, 0.15) is 6.92 Å². The molecule has 0 bridgehead atoms. The number of alkyl halides is 1. The van der Waals surface area contributed by atoms with E-state index in [0.29, 0.717) is 6.04 Å². The first-order valence-corrected chi connectivity index (χ1v) is 3.87. The first-order chi connectivity index (χ1) is 3.67. The van der Waals surface area contributed by atoms with Crippen LogP contribution in [-0.4, -0.2) is 22.6 Å². The Hall–Kier alpha value is 0.650. The molecule has 1 rings (SSSR count). The molecule has 0 radical (unpaired) electrons. The van der Waals surface area contributed by atoms with E-state index in [9.17, 15) is 0 Å². The molecule has 0 aliphatic carbocycles. The molecule has 0 amide bonds. The summed E-state index contributed by atoms with van der Waals surface area (Å²) in [5, 5.41) is 3.24. The van der Waals surface area contributed by atoms with Crippen molar-refractivity contribution in [2.24, 2.45) is 5.73 Å². The predicted molar refractivity (Wildman–Crippen MR) is 43.3 cm³/mol. The van der Waals surface area contributed by atoms with Gasteiger partial charge in [-0.05, 0) is 6.92 Å². The Morgan fingerprint density at radius 3 is 2.62 bits per heavy atom. The van der Waals surface area contributed by atoms with Gasteiger partial charge in [0.25, 0.3) is 0 Å². The number of hydrogen-bond donors (Lipinski definition) is 2. The maximum atomic E-state index is 5.50. The minimum atomic E-state index is 0.289. The molecule has 48 valence electrons. The van der Waals surface area contributed by atoms with Gasteiger partial charge in [-0.15, -0.1) is 0 Å². The minimum Gasteiger partial charge on any atom is -0.329 e. The highest BCUT2D eigenvalue weighted by atomic mass is 127. The minimum absolute atomic E-state index is 0.289. The fourth-order valence-corrected chi connectivity index (χ4v) is 1.07. The van der Waals surface area contributed by atoms with Gasteiger partial charge < -0.3 is 11.1 Å². The second kappa shape index (κ2) is 2.11. The molecule has 0 spiro atoms.